The van der Waals surface area contributed by atoms with Crippen LogP contribution in [-0.4, -0.2) is 13.0 Å². The predicted molar refractivity (Wildman–Crippen MR) is 89.2 cm³/mol. The summed E-state index contributed by atoms with van der Waals surface area (Å²) in [4.78, 5) is 12.3. The van der Waals surface area contributed by atoms with E-state index in [0.29, 0.717) is 11.5 Å². The number of benzene rings is 2. The van der Waals surface area contributed by atoms with Gasteiger partial charge < -0.3 is 10.6 Å². The quantitative estimate of drug-likeness (QED) is 0.872. The van der Waals surface area contributed by atoms with Crippen molar-refractivity contribution in [2.75, 3.05) is 17.7 Å². The van der Waals surface area contributed by atoms with Crippen LogP contribution in [0.25, 0.3) is 0 Å². The molecule has 0 aliphatic carbocycles. The minimum Gasteiger partial charge on any atom is -0.388 e. The molecule has 3 heteroatoms. The Morgan fingerprint density at radius 3 is 2.48 bits per heavy atom. The van der Waals surface area contributed by atoms with Crippen LogP contribution in [0.4, 0.5) is 11.4 Å². The standard InChI is InChI=1S/C18H22N2O/c1-12(2)14-6-5-7-16(11-14)20-18(21)15-8-9-17(19-4)13(3)10-15/h5-12,19H,1-4H3,(H,20,21). The van der Waals surface area contributed by atoms with Crippen molar-refractivity contribution in [3.05, 3.63) is 59.2 Å². The topological polar surface area (TPSA) is 41.1 Å². The van der Waals surface area contributed by atoms with Crippen LogP contribution in [-0.2, 0) is 0 Å². The summed E-state index contributed by atoms with van der Waals surface area (Å²) < 4.78 is 0. The average Bonchev–Trinajstić information content (AvgIpc) is 2.47. The van der Waals surface area contributed by atoms with Gasteiger partial charge in [-0.2, -0.15) is 0 Å². The number of rotatable bonds is 4. The monoisotopic (exact) mass is 282 g/mol. The van der Waals surface area contributed by atoms with E-state index in [4.69, 9.17) is 0 Å². The van der Waals surface area contributed by atoms with Gasteiger partial charge in [0.1, 0.15) is 0 Å². The van der Waals surface area contributed by atoms with E-state index in [2.05, 4.69) is 30.5 Å². The van der Waals surface area contributed by atoms with E-state index in [1.54, 1.807) is 0 Å². The lowest BCUT2D eigenvalue weighted by atomic mass is 10.0. The molecule has 0 aliphatic heterocycles. The van der Waals surface area contributed by atoms with Crippen LogP contribution in [0.1, 0.15) is 41.3 Å². The first kappa shape index (κ1) is 15.1. The highest BCUT2D eigenvalue weighted by Gasteiger charge is 2.08. The molecule has 0 spiro atoms. The molecule has 2 aromatic rings. The molecule has 2 rings (SSSR count). The second-order valence-corrected chi connectivity index (χ2v) is 5.51. The van der Waals surface area contributed by atoms with E-state index >= 15 is 0 Å². The number of amides is 1. The first-order valence-corrected chi connectivity index (χ1v) is 7.21. The maximum absolute atomic E-state index is 12.3. The molecule has 3 nitrogen and oxygen atoms in total. The second-order valence-electron chi connectivity index (χ2n) is 5.51. The van der Waals surface area contributed by atoms with E-state index in [-0.39, 0.29) is 5.91 Å². The van der Waals surface area contributed by atoms with Crippen molar-refractivity contribution in [1.29, 1.82) is 0 Å². The minimum atomic E-state index is -0.0818. The fraction of sp³-hybridized carbons (Fsp3) is 0.278. The van der Waals surface area contributed by atoms with Gasteiger partial charge in [0.15, 0.2) is 0 Å². The minimum absolute atomic E-state index is 0.0818. The fourth-order valence-corrected chi connectivity index (χ4v) is 2.26. The van der Waals surface area contributed by atoms with Crippen molar-refractivity contribution in [3.8, 4) is 0 Å². The van der Waals surface area contributed by atoms with Crippen molar-refractivity contribution in [3.63, 3.8) is 0 Å². The predicted octanol–water partition coefficient (Wildman–Crippen LogP) is 4.41. The molecule has 110 valence electrons. The molecule has 0 saturated carbocycles. The van der Waals surface area contributed by atoms with Crippen molar-refractivity contribution in [2.45, 2.75) is 26.7 Å². The van der Waals surface area contributed by atoms with Crippen LogP contribution >= 0.6 is 0 Å². The van der Waals surface area contributed by atoms with Gasteiger partial charge in [-0.1, -0.05) is 26.0 Å². The Hall–Kier alpha value is -2.29. The molecule has 0 fully saturated rings. The van der Waals surface area contributed by atoms with E-state index < -0.39 is 0 Å². The lowest BCUT2D eigenvalue weighted by Gasteiger charge is -2.11. The van der Waals surface area contributed by atoms with Gasteiger partial charge >= 0.3 is 0 Å². The summed E-state index contributed by atoms with van der Waals surface area (Å²) in [6, 6.07) is 13.6. The molecule has 2 aromatic carbocycles. The van der Waals surface area contributed by atoms with Gasteiger partial charge in [-0.25, -0.2) is 0 Å². The molecule has 0 atom stereocenters. The Labute approximate surface area is 126 Å². The average molecular weight is 282 g/mol. The molecule has 0 aromatic heterocycles. The lowest BCUT2D eigenvalue weighted by molar-refractivity contribution is 0.102. The molecular formula is C18H22N2O. The first-order chi connectivity index (χ1) is 10.0. The number of aryl methyl sites for hydroxylation is 1. The Morgan fingerprint density at radius 1 is 1.10 bits per heavy atom. The molecule has 0 radical (unpaired) electrons. The summed E-state index contributed by atoms with van der Waals surface area (Å²) in [5.41, 5.74) is 4.81. The third-order valence-electron chi connectivity index (χ3n) is 3.57. The number of carbonyl (C=O) groups is 1. The second kappa shape index (κ2) is 6.44. The number of carbonyl (C=O) groups excluding carboxylic acids is 1. The maximum Gasteiger partial charge on any atom is 0.255 e. The first-order valence-electron chi connectivity index (χ1n) is 7.21. The van der Waals surface area contributed by atoms with Crippen LogP contribution in [0.2, 0.25) is 0 Å². The number of nitrogens with one attached hydrogen (secondary N) is 2. The van der Waals surface area contributed by atoms with Crippen LogP contribution < -0.4 is 10.6 Å². The van der Waals surface area contributed by atoms with Crippen LogP contribution in [0, 0.1) is 6.92 Å². The molecular weight excluding hydrogens is 260 g/mol. The van der Waals surface area contributed by atoms with E-state index in [0.717, 1.165) is 16.9 Å². The van der Waals surface area contributed by atoms with Gasteiger partial charge in [-0.15, -0.1) is 0 Å². The van der Waals surface area contributed by atoms with Crippen LogP contribution in [0.5, 0.6) is 0 Å². The molecule has 21 heavy (non-hydrogen) atoms. The number of hydrogen-bond donors (Lipinski definition) is 2. The normalized spacial score (nSPS) is 10.5. The number of anilines is 2. The van der Waals surface area contributed by atoms with Crippen molar-refractivity contribution >= 4 is 17.3 Å². The molecule has 0 saturated heterocycles. The highest BCUT2D eigenvalue weighted by molar-refractivity contribution is 6.04. The maximum atomic E-state index is 12.3. The Bertz CT molecular complexity index is 647. The van der Waals surface area contributed by atoms with Crippen LogP contribution in [0.3, 0.4) is 0 Å². The highest BCUT2D eigenvalue weighted by atomic mass is 16.1. The van der Waals surface area contributed by atoms with E-state index in [1.165, 1.54) is 5.56 Å². The van der Waals surface area contributed by atoms with Gasteiger partial charge in [0.25, 0.3) is 5.91 Å². The lowest BCUT2D eigenvalue weighted by Crippen LogP contribution is -2.12. The summed E-state index contributed by atoms with van der Waals surface area (Å²) in [6.07, 6.45) is 0. The third-order valence-corrected chi connectivity index (χ3v) is 3.57. The molecule has 0 heterocycles. The zero-order valence-electron chi connectivity index (χ0n) is 13.0. The van der Waals surface area contributed by atoms with Gasteiger partial charge in [0, 0.05) is 24.0 Å². The van der Waals surface area contributed by atoms with Gasteiger partial charge in [0.2, 0.25) is 0 Å². The summed E-state index contributed by atoms with van der Waals surface area (Å²) in [5, 5.41) is 6.06. The Balaban J connectivity index is 2.18. The van der Waals surface area contributed by atoms with Gasteiger partial charge in [-0.3, -0.25) is 4.79 Å². The number of hydrogen-bond acceptors (Lipinski definition) is 2. The third kappa shape index (κ3) is 3.63. The summed E-state index contributed by atoms with van der Waals surface area (Å²) >= 11 is 0. The molecule has 0 unspecified atom stereocenters. The fourth-order valence-electron chi connectivity index (χ4n) is 2.26. The summed E-state index contributed by atoms with van der Waals surface area (Å²) in [7, 11) is 1.87. The molecule has 1 amide bonds. The molecule has 2 N–H and O–H groups in total. The van der Waals surface area contributed by atoms with E-state index in [9.17, 15) is 4.79 Å². The largest absolute Gasteiger partial charge is 0.388 e. The van der Waals surface area contributed by atoms with Gasteiger partial charge in [0.05, 0.1) is 0 Å². The Morgan fingerprint density at radius 2 is 1.86 bits per heavy atom. The van der Waals surface area contributed by atoms with E-state index in [1.807, 2.05) is 50.4 Å². The summed E-state index contributed by atoms with van der Waals surface area (Å²) in [6.45, 7) is 6.27. The zero-order chi connectivity index (χ0) is 15.4. The zero-order valence-corrected chi connectivity index (χ0v) is 13.0. The van der Waals surface area contributed by atoms with Crippen LogP contribution in [0.15, 0.2) is 42.5 Å². The summed E-state index contributed by atoms with van der Waals surface area (Å²) in [5.74, 6) is 0.362. The Kier molecular flexibility index (Phi) is 4.63. The SMILES string of the molecule is CNc1ccc(C(=O)Nc2cccc(C(C)C)c2)cc1C. The smallest absolute Gasteiger partial charge is 0.255 e. The van der Waals surface area contributed by atoms with Gasteiger partial charge in [-0.05, 0) is 54.3 Å². The van der Waals surface area contributed by atoms with Crippen molar-refractivity contribution in [1.82, 2.24) is 0 Å². The van der Waals surface area contributed by atoms with Crippen molar-refractivity contribution in [2.24, 2.45) is 0 Å². The molecule has 0 bridgehead atoms. The van der Waals surface area contributed by atoms with Crippen molar-refractivity contribution < 1.29 is 4.79 Å². The highest BCUT2D eigenvalue weighted by Crippen LogP contribution is 2.20. The molecule has 0 aliphatic rings.